The smallest absolute Gasteiger partial charge is 0.278 e. The van der Waals surface area contributed by atoms with Crippen molar-refractivity contribution in [3.05, 3.63) is 70.0 Å². The quantitative estimate of drug-likeness (QED) is 0.671. The summed E-state index contributed by atoms with van der Waals surface area (Å²) in [5.41, 5.74) is 1.19. The SMILES string of the molecule is O=C(CSc1nnc(-c2ccccc2)c(=O)[nH]1)Nc1cccc(Cl)c1. The highest BCUT2D eigenvalue weighted by Crippen LogP contribution is 2.17. The summed E-state index contributed by atoms with van der Waals surface area (Å²) in [7, 11) is 0. The molecular formula is C17H13ClN4O2S. The maximum absolute atomic E-state index is 12.1. The molecule has 0 unspecified atom stereocenters. The Morgan fingerprint density at radius 2 is 1.92 bits per heavy atom. The zero-order chi connectivity index (χ0) is 17.6. The van der Waals surface area contributed by atoms with Gasteiger partial charge in [0.2, 0.25) is 5.91 Å². The van der Waals surface area contributed by atoms with Gasteiger partial charge in [0.1, 0.15) is 0 Å². The molecule has 0 atom stereocenters. The summed E-state index contributed by atoms with van der Waals surface area (Å²) >= 11 is 6.97. The second-order valence-electron chi connectivity index (χ2n) is 5.02. The van der Waals surface area contributed by atoms with Gasteiger partial charge in [-0.1, -0.05) is 59.8 Å². The van der Waals surface area contributed by atoms with Gasteiger partial charge in [-0.15, -0.1) is 10.2 Å². The molecule has 126 valence electrons. The van der Waals surface area contributed by atoms with Crippen molar-refractivity contribution in [2.24, 2.45) is 0 Å². The van der Waals surface area contributed by atoms with Gasteiger partial charge in [0.05, 0.1) is 5.75 Å². The molecule has 0 radical (unpaired) electrons. The number of carbonyl (C=O) groups excluding carboxylic acids is 1. The number of nitrogens with one attached hydrogen (secondary N) is 2. The predicted octanol–water partition coefficient (Wildman–Crippen LogP) is 3.22. The zero-order valence-corrected chi connectivity index (χ0v) is 14.5. The van der Waals surface area contributed by atoms with Crippen LogP contribution in [-0.2, 0) is 4.79 Å². The molecule has 0 spiro atoms. The van der Waals surface area contributed by atoms with Gasteiger partial charge < -0.3 is 5.32 Å². The number of thioether (sulfide) groups is 1. The van der Waals surface area contributed by atoms with Crippen molar-refractivity contribution in [3.8, 4) is 11.3 Å². The van der Waals surface area contributed by atoms with Crippen LogP contribution in [0.3, 0.4) is 0 Å². The first-order valence-corrected chi connectivity index (χ1v) is 8.69. The van der Waals surface area contributed by atoms with Crippen LogP contribution in [-0.4, -0.2) is 26.8 Å². The molecule has 2 aromatic carbocycles. The van der Waals surface area contributed by atoms with Gasteiger partial charge in [-0.3, -0.25) is 14.6 Å². The first-order valence-electron chi connectivity index (χ1n) is 7.32. The van der Waals surface area contributed by atoms with Gasteiger partial charge in [0.25, 0.3) is 5.56 Å². The van der Waals surface area contributed by atoms with E-state index in [9.17, 15) is 9.59 Å². The molecular weight excluding hydrogens is 360 g/mol. The maximum Gasteiger partial charge on any atom is 0.278 e. The summed E-state index contributed by atoms with van der Waals surface area (Å²) in [6, 6.07) is 15.9. The van der Waals surface area contributed by atoms with Crippen molar-refractivity contribution in [2.45, 2.75) is 5.16 Å². The van der Waals surface area contributed by atoms with E-state index in [1.807, 2.05) is 18.2 Å². The van der Waals surface area contributed by atoms with Crippen LogP contribution in [0.15, 0.2) is 64.5 Å². The van der Waals surface area contributed by atoms with Crippen molar-refractivity contribution in [1.29, 1.82) is 0 Å². The van der Waals surface area contributed by atoms with E-state index in [-0.39, 0.29) is 28.1 Å². The lowest BCUT2D eigenvalue weighted by atomic mass is 10.2. The minimum absolute atomic E-state index is 0.0851. The minimum Gasteiger partial charge on any atom is -0.325 e. The van der Waals surface area contributed by atoms with E-state index < -0.39 is 0 Å². The number of halogens is 1. The fraction of sp³-hybridized carbons (Fsp3) is 0.0588. The van der Waals surface area contributed by atoms with Crippen molar-refractivity contribution in [2.75, 3.05) is 11.1 Å². The van der Waals surface area contributed by atoms with Gasteiger partial charge in [-0.2, -0.15) is 0 Å². The number of rotatable bonds is 5. The summed E-state index contributed by atoms with van der Waals surface area (Å²) in [4.78, 5) is 26.7. The summed E-state index contributed by atoms with van der Waals surface area (Å²) in [5, 5.41) is 11.5. The van der Waals surface area contributed by atoms with E-state index >= 15 is 0 Å². The van der Waals surface area contributed by atoms with E-state index in [4.69, 9.17) is 11.6 Å². The summed E-state index contributed by atoms with van der Waals surface area (Å²) < 4.78 is 0. The van der Waals surface area contributed by atoms with Crippen LogP contribution < -0.4 is 10.9 Å². The van der Waals surface area contributed by atoms with Crippen LogP contribution in [0.25, 0.3) is 11.3 Å². The van der Waals surface area contributed by atoms with Crippen LogP contribution in [0.4, 0.5) is 5.69 Å². The number of anilines is 1. The van der Waals surface area contributed by atoms with Crippen LogP contribution in [0, 0.1) is 0 Å². The maximum atomic E-state index is 12.1. The molecule has 0 aliphatic carbocycles. The number of carbonyl (C=O) groups is 1. The first-order chi connectivity index (χ1) is 12.1. The highest BCUT2D eigenvalue weighted by molar-refractivity contribution is 7.99. The van der Waals surface area contributed by atoms with Gasteiger partial charge in [-0.05, 0) is 18.2 Å². The molecule has 1 amide bonds. The highest BCUT2D eigenvalue weighted by atomic mass is 35.5. The molecule has 2 N–H and O–H groups in total. The Morgan fingerprint density at radius 3 is 2.64 bits per heavy atom. The van der Waals surface area contributed by atoms with Crippen molar-refractivity contribution >= 4 is 35.0 Å². The molecule has 3 rings (SSSR count). The molecule has 8 heteroatoms. The first kappa shape index (κ1) is 17.2. The number of aromatic nitrogens is 3. The van der Waals surface area contributed by atoms with E-state index in [2.05, 4.69) is 20.5 Å². The average molecular weight is 373 g/mol. The summed E-state index contributed by atoms with van der Waals surface area (Å²) in [5.74, 6) is -0.149. The average Bonchev–Trinajstić information content (AvgIpc) is 2.61. The topological polar surface area (TPSA) is 87.7 Å². The van der Waals surface area contributed by atoms with Gasteiger partial charge in [0.15, 0.2) is 10.9 Å². The second-order valence-corrected chi connectivity index (χ2v) is 6.42. The lowest BCUT2D eigenvalue weighted by Gasteiger charge is -2.05. The Morgan fingerprint density at radius 1 is 1.12 bits per heavy atom. The Balaban J connectivity index is 1.63. The van der Waals surface area contributed by atoms with Gasteiger partial charge >= 0.3 is 0 Å². The molecule has 0 saturated carbocycles. The van der Waals surface area contributed by atoms with Crippen LogP contribution >= 0.6 is 23.4 Å². The molecule has 3 aromatic rings. The zero-order valence-electron chi connectivity index (χ0n) is 12.9. The van der Waals surface area contributed by atoms with E-state index in [0.717, 1.165) is 11.8 Å². The second kappa shape index (κ2) is 7.96. The molecule has 1 heterocycles. The third-order valence-electron chi connectivity index (χ3n) is 3.17. The minimum atomic E-state index is -0.348. The third kappa shape index (κ3) is 4.68. The third-order valence-corrected chi connectivity index (χ3v) is 4.27. The number of hydrogen-bond donors (Lipinski definition) is 2. The molecule has 6 nitrogen and oxygen atoms in total. The lowest BCUT2D eigenvalue weighted by molar-refractivity contribution is -0.113. The Bertz CT molecular complexity index is 947. The Labute approximate surface area is 152 Å². The number of H-pyrrole nitrogens is 1. The normalized spacial score (nSPS) is 10.4. The molecule has 0 fully saturated rings. The van der Waals surface area contributed by atoms with E-state index in [0.29, 0.717) is 16.3 Å². The van der Waals surface area contributed by atoms with Crippen molar-refractivity contribution in [1.82, 2.24) is 15.2 Å². The fourth-order valence-corrected chi connectivity index (χ4v) is 2.86. The molecule has 0 aliphatic rings. The van der Waals surface area contributed by atoms with Crippen LogP contribution in [0.1, 0.15) is 0 Å². The summed E-state index contributed by atoms with van der Waals surface area (Å²) in [6.07, 6.45) is 0. The Hall–Kier alpha value is -2.64. The van der Waals surface area contributed by atoms with Crippen molar-refractivity contribution < 1.29 is 4.79 Å². The van der Waals surface area contributed by atoms with Gasteiger partial charge in [0, 0.05) is 16.3 Å². The van der Waals surface area contributed by atoms with Gasteiger partial charge in [-0.25, -0.2) is 0 Å². The highest BCUT2D eigenvalue weighted by Gasteiger charge is 2.09. The lowest BCUT2D eigenvalue weighted by Crippen LogP contribution is -2.17. The number of amides is 1. The number of aromatic amines is 1. The molecule has 0 saturated heterocycles. The van der Waals surface area contributed by atoms with E-state index in [1.165, 1.54) is 0 Å². The monoisotopic (exact) mass is 372 g/mol. The largest absolute Gasteiger partial charge is 0.325 e. The predicted molar refractivity (Wildman–Crippen MR) is 98.9 cm³/mol. The number of hydrogen-bond acceptors (Lipinski definition) is 5. The van der Waals surface area contributed by atoms with Crippen LogP contribution in [0.5, 0.6) is 0 Å². The molecule has 0 aliphatic heterocycles. The molecule has 0 bridgehead atoms. The number of benzene rings is 2. The van der Waals surface area contributed by atoms with Crippen molar-refractivity contribution in [3.63, 3.8) is 0 Å². The molecule has 1 aromatic heterocycles. The molecule has 25 heavy (non-hydrogen) atoms. The van der Waals surface area contributed by atoms with Crippen LogP contribution in [0.2, 0.25) is 5.02 Å². The number of nitrogens with zero attached hydrogens (tertiary/aromatic N) is 2. The summed E-state index contributed by atoms with van der Waals surface area (Å²) in [6.45, 7) is 0. The fourth-order valence-electron chi connectivity index (χ4n) is 2.07. The Kier molecular flexibility index (Phi) is 5.47. The standard InChI is InChI=1S/C17H13ClN4O2S/c18-12-7-4-8-13(9-12)19-14(23)10-25-17-20-16(24)15(21-22-17)11-5-2-1-3-6-11/h1-9H,10H2,(H,19,23)(H,20,22,24). The van der Waals surface area contributed by atoms with E-state index in [1.54, 1.807) is 36.4 Å².